The van der Waals surface area contributed by atoms with E-state index in [0.717, 1.165) is 24.1 Å². The van der Waals surface area contributed by atoms with Crippen LogP contribution in [0.1, 0.15) is 24.8 Å². The minimum absolute atomic E-state index is 0.0651. The molecule has 2 amide bonds. The number of hydrogen-bond donors (Lipinski definition) is 1. The summed E-state index contributed by atoms with van der Waals surface area (Å²) in [4.78, 5) is 25.5. The van der Waals surface area contributed by atoms with Gasteiger partial charge >= 0.3 is 0 Å². The van der Waals surface area contributed by atoms with Gasteiger partial charge in [0.25, 0.3) is 5.91 Å². The van der Waals surface area contributed by atoms with Gasteiger partial charge in [-0.25, -0.2) is 0 Å². The quantitative estimate of drug-likeness (QED) is 0.864. The standard InChI is InChI=1S/C14H15ClN2O2/c1-8-2-3-9(15)6-11(8)16-12-7-13(18)17(14(12)19)10-4-5-10/h2-3,6,10,12,16H,4-5,7H2,1H3. The van der Waals surface area contributed by atoms with E-state index < -0.39 is 6.04 Å². The smallest absolute Gasteiger partial charge is 0.252 e. The van der Waals surface area contributed by atoms with E-state index in [4.69, 9.17) is 11.6 Å². The molecule has 3 rings (SSSR count). The van der Waals surface area contributed by atoms with Crippen molar-refractivity contribution in [2.45, 2.75) is 38.3 Å². The minimum atomic E-state index is -0.453. The Kier molecular flexibility index (Phi) is 2.97. The number of imide groups is 1. The lowest BCUT2D eigenvalue weighted by Crippen LogP contribution is -2.36. The highest BCUT2D eigenvalue weighted by atomic mass is 35.5. The van der Waals surface area contributed by atoms with Crippen molar-refractivity contribution >= 4 is 29.1 Å². The number of nitrogens with zero attached hydrogens (tertiary/aromatic N) is 1. The van der Waals surface area contributed by atoms with Crippen LogP contribution in [0.3, 0.4) is 0 Å². The van der Waals surface area contributed by atoms with Crippen molar-refractivity contribution in [2.24, 2.45) is 0 Å². The molecule has 1 aromatic carbocycles. The summed E-state index contributed by atoms with van der Waals surface area (Å²) in [6.07, 6.45) is 2.13. The summed E-state index contributed by atoms with van der Waals surface area (Å²) >= 11 is 5.95. The highest BCUT2D eigenvalue weighted by Crippen LogP contribution is 2.32. The number of amides is 2. The fraction of sp³-hybridized carbons (Fsp3) is 0.429. The molecule has 1 aromatic rings. The first-order valence-electron chi connectivity index (χ1n) is 6.45. The summed E-state index contributed by atoms with van der Waals surface area (Å²) in [5.41, 5.74) is 1.82. The summed E-state index contributed by atoms with van der Waals surface area (Å²) in [6.45, 7) is 1.94. The van der Waals surface area contributed by atoms with Gasteiger partial charge in [-0.1, -0.05) is 17.7 Å². The largest absolute Gasteiger partial charge is 0.373 e. The van der Waals surface area contributed by atoms with Gasteiger partial charge in [0.2, 0.25) is 5.91 Å². The lowest BCUT2D eigenvalue weighted by Gasteiger charge is -2.16. The molecule has 0 spiro atoms. The van der Waals surface area contributed by atoms with Gasteiger partial charge in [0.05, 0.1) is 6.42 Å². The van der Waals surface area contributed by atoms with Gasteiger partial charge in [-0.2, -0.15) is 0 Å². The van der Waals surface area contributed by atoms with Gasteiger partial charge in [0.15, 0.2) is 0 Å². The van der Waals surface area contributed by atoms with E-state index in [1.165, 1.54) is 4.90 Å². The van der Waals surface area contributed by atoms with Crippen molar-refractivity contribution in [1.29, 1.82) is 0 Å². The average molecular weight is 279 g/mol. The highest BCUT2D eigenvalue weighted by Gasteiger charge is 2.46. The van der Waals surface area contributed by atoms with Gasteiger partial charge in [0.1, 0.15) is 6.04 Å². The first-order chi connectivity index (χ1) is 9.06. The molecule has 100 valence electrons. The summed E-state index contributed by atoms with van der Waals surface area (Å²) in [6, 6.07) is 5.18. The molecule has 1 N–H and O–H groups in total. The maximum Gasteiger partial charge on any atom is 0.252 e. The van der Waals surface area contributed by atoms with Gasteiger partial charge < -0.3 is 5.32 Å². The Labute approximate surface area is 116 Å². The fourth-order valence-electron chi connectivity index (χ4n) is 2.42. The molecule has 1 saturated heterocycles. The highest BCUT2D eigenvalue weighted by molar-refractivity contribution is 6.30. The Bertz CT molecular complexity index is 554. The van der Waals surface area contributed by atoms with Crippen LogP contribution in [-0.2, 0) is 9.59 Å². The number of anilines is 1. The van der Waals surface area contributed by atoms with Crippen LogP contribution in [0.25, 0.3) is 0 Å². The maximum atomic E-state index is 12.2. The Hall–Kier alpha value is -1.55. The molecule has 4 nitrogen and oxygen atoms in total. The second-order valence-corrected chi connectivity index (χ2v) is 5.63. The van der Waals surface area contributed by atoms with Crippen molar-refractivity contribution in [3.8, 4) is 0 Å². The molecule has 2 aliphatic rings. The molecule has 1 saturated carbocycles. The van der Waals surface area contributed by atoms with Crippen molar-refractivity contribution in [1.82, 2.24) is 4.90 Å². The van der Waals surface area contributed by atoms with Gasteiger partial charge in [-0.15, -0.1) is 0 Å². The number of carbonyl (C=O) groups excluding carboxylic acids is 2. The Morgan fingerprint density at radius 1 is 1.32 bits per heavy atom. The van der Waals surface area contributed by atoms with E-state index in [1.54, 1.807) is 12.1 Å². The first kappa shape index (κ1) is 12.5. The zero-order valence-corrected chi connectivity index (χ0v) is 11.4. The fourth-order valence-corrected chi connectivity index (χ4v) is 2.59. The molecule has 0 bridgehead atoms. The third-order valence-electron chi connectivity index (χ3n) is 3.62. The number of aryl methyl sites for hydroxylation is 1. The Morgan fingerprint density at radius 3 is 2.74 bits per heavy atom. The molecule has 5 heteroatoms. The van der Waals surface area contributed by atoms with E-state index >= 15 is 0 Å². The van der Waals surface area contributed by atoms with Crippen molar-refractivity contribution in [3.05, 3.63) is 28.8 Å². The van der Waals surface area contributed by atoms with Crippen LogP contribution in [0.15, 0.2) is 18.2 Å². The topological polar surface area (TPSA) is 49.4 Å². The number of rotatable bonds is 3. The van der Waals surface area contributed by atoms with E-state index in [0.29, 0.717) is 5.02 Å². The molecule has 1 heterocycles. The van der Waals surface area contributed by atoms with Gasteiger partial charge in [-0.3, -0.25) is 14.5 Å². The van der Waals surface area contributed by atoms with Crippen LogP contribution >= 0.6 is 11.6 Å². The molecular formula is C14H15ClN2O2. The number of likely N-dealkylation sites (tertiary alicyclic amines) is 1. The van der Waals surface area contributed by atoms with Crippen LogP contribution in [0.4, 0.5) is 5.69 Å². The van der Waals surface area contributed by atoms with Crippen LogP contribution in [0.5, 0.6) is 0 Å². The van der Waals surface area contributed by atoms with Crippen molar-refractivity contribution in [3.63, 3.8) is 0 Å². The summed E-state index contributed by atoms with van der Waals surface area (Å²) in [7, 11) is 0. The number of hydrogen-bond acceptors (Lipinski definition) is 3. The Balaban J connectivity index is 1.78. The van der Waals surface area contributed by atoms with Crippen LogP contribution in [0.2, 0.25) is 5.02 Å². The normalized spacial score (nSPS) is 23.1. The lowest BCUT2D eigenvalue weighted by molar-refractivity contribution is -0.139. The van der Waals surface area contributed by atoms with E-state index in [2.05, 4.69) is 5.32 Å². The summed E-state index contributed by atoms with van der Waals surface area (Å²) in [5.74, 6) is -0.170. The number of benzene rings is 1. The predicted octanol–water partition coefficient (Wildman–Crippen LogP) is 2.35. The zero-order valence-electron chi connectivity index (χ0n) is 10.6. The van der Waals surface area contributed by atoms with E-state index in [1.807, 2.05) is 13.0 Å². The van der Waals surface area contributed by atoms with E-state index in [9.17, 15) is 9.59 Å². The first-order valence-corrected chi connectivity index (χ1v) is 6.82. The molecule has 0 aromatic heterocycles. The minimum Gasteiger partial charge on any atom is -0.373 e. The van der Waals surface area contributed by atoms with Crippen molar-refractivity contribution in [2.75, 3.05) is 5.32 Å². The number of nitrogens with one attached hydrogen (secondary N) is 1. The SMILES string of the molecule is Cc1ccc(Cl)cc1NC1CC(=O)N(C2CC2)C1=O. The number of carbonyl (C=O) groups is 2. The second-order valence-electron chi connectivity index (χ2n) is 5.19. The third kappa shape index (κ3) is 2.32. The maximum absolute atomic E-state index is 12.2. The monoisotopic (exact) mass is 278 g/mol. The van der Waals surface area contributed by atoms with Gasteiger partial charge in [-0.05, 0) is 37.5 Å². The molecule has 1 aliphatic heterocycles. The average Bonchev–Trinajstić information content (AvgIpc) is 3.13. The van der Waals surface area contributed by atoms with E-state index in [-0.39, 0.29) is 24.3 Å². The molecule has 19 heavy (non-hydrogen) atoms. The molecule has 1 atom stereocenters. The summed E-state index contributed by atoms with van der Waals surface area (Å²) in [5, 5.41) is 3.76. The predicted molar refractivity (Wildman–Crippen MR) is 73.1 cm³/mol. The van der Waals surface area contributed by atoms with Crippen LogP contribution in [-0.4, -0.2) is 28.8 Å². The molecule has 0 radical (unpaired) electrons. The lowest BCUT2D eigenvalue weighted by atomic mass is 10.1. The Morgan fingerprint density at radius 2 is 2.05 bits per heavy atom. The number of halogens is 1. The molecule has 1 aliphatic carbocycles. The molecule has 1 unspecified atom stereocenters. The van der Waals surface area contributed by atoms with Crippen LogP contribution in [0, 0.1) is 6.92 Å². The van der Waals surface area contributed by atoms with Gasteiger partial charge in [0, 0.05) is 16.8 Å². The second kappa shape index (κ2) is 4.53. The molecular weight excluding hydrogens is 264 g/mol. The summed E-state index contributed by atoms with van der Waals surface area (Å²) < 4.78 is 0. The molecule has 2 fully saturated rings. The van der Waals surface area contributed by atoms with Crippen LogP contribution < -0.4 is 5.32 Å². The zero-order chi connectivity index (χ0) is 13.6. The van der Waals surface area contributed by atoms with Crippen molar-refractivity contribution < 1.29 is 9.59 Å². The third-order valence-corrected chi connectivity index (χ3v) is 3.86.